The van der Waals surface area contributed by atoms with E-state index in [9.17, 15) is 26.0 Å². The van der Waals surface area contributed by atoms with E-state index < -0.39 is 38.7 Å². The van der Waals surface area contributed by atoms with Crippen molar-refractivity contribution in [2.24, 2.45) is 0 Å². The lowest BCUT2D eigenvalue weighted by Crippen LogP contribution is -2.38. The fourth-order valence-corrected chi connectivity index (χ4v) is 8.05. The Morgan fingerprint density at radius 1 is 1.11 bits per heavy atom. The van der Waals surface area contributed by atoms with Crippen molar-refractivity contribution in [2.45, 2.75) is 62.3 Å². The first-order chi connectivity index (χ1) is 22.3. The second-order valence-corrected chi connectivity index (χ2v) is 15.2. The maximum atomic E-state index is 14.8. The van der Waals surface area contributed by atoms with Crippen molar-refractivity contribution < 1.29 is 35.5 Å². The van der Waals surface area contributed by atoms with Crippen LogP contribution in [0.2, 0.25) is 5.02 Å². The normalized spacial score (nSPS) is 22.7. The maximum Gasteiger partial charge on any atom is 0.451 e. The van der Waals surface area contributed by atoms with E-state index in [0.717, 1.165) is 18.4 Å². The van der Waals surface area contributed by atoms with E-state index in [1.165, 1.54) is 12.3 Å². The molecule has 2 atom stereocenters. The number of sulfone groups is 1. The van der Waals surface area contributed by atoms with Gasteiger partial charge >= 0.3 is 6.18 Å². The number of ether oxygens (including phenoxy) is 2. The summed E-state index contributed by atoms with van der Waals surface area (Å²) in [6.45, 7) is 3.53. The third kappa shape index (κ3) is 6.18. The Kier molecular flexibility index (Phi) is 7.95. The van der Waals surface area contributed by atoms with E-state index in [4.69, 9.17) is 21.1 Å². The summed E-state index contributed by atoms with van der Waals surface area (Å²) >= 11 is 5.95. The molecule has 248 valence electrons. The van der Waals surface area contributed by atoms with Crippen molar-refractivity contribution in [1.29, 1.82) is 0 Å². The minimum absolute atomic E-state index is 0.120. The average molecular weight is 692 g/mol. The largest absolute Gasteiger partial charge is 0.451 e. The number of nitrogens with one attached hydrogen (secondary N) is 1. The Morgan fingerprint density at radius 2 is 1.89 bits per heavy atom. The van der Waals surface area contributed by atoms with Gasteiger partial charge in [-0.1, -0.05) is 23.7 Å². The standard InChI is InChI=1S/C32H30ClF4N5O4S/c1-31(24-6-5-21(33)15-25(24)34)45-27-4-2-3-23(28(27)46-31)18-7-10-42(11-8-18)17-26-19(14-22-9-12-47(22,43)44)13-20(16-38-26)29-39-30(41-40-29)32(35,36)37/h2-6,13,15-16,18,22H,7-12,14,17H2,1H3,(H,39,40,41)/t22-,31+/m1/s1. The van der Waals surface area contributed by atoms with Crippen LogP contribution in [0.3, 0.4) is 0 Å². The predicted molar refractivity (Wildman–Crippen MR) is 164 cm³/mol. The number of halogens is 5. The van der Waals surface area contributed by atoms with Gasteiger partial charge in [0.15, 0.2) is 27.2 Å². The number of likely N-dealkylation sites (tertiary alicyclic amines) is 1. The minimum atomic E-state index is -4.68. The summed E-state index contributed by atoms with van der Waals surface area (Å²) in [7, 11) is -3.21. The molecule has 0 aliphatic carbocycles. The molecule has 0 radical (unpaired) electrons. The molecule has 1 N–H and O–H groups in total. The molecule has 9 nitrogen and oxygen atoms in total. The highest BCUT2D eigenvalue weighted by Crippen LogP contribution is 2.50. The number of nitrogens with zero attached hydrogens (tertiary/aromatic N) is 4. The molecule has 2 fully saturated rings. The Balaban J connectivity index is 1.07. The molecule has 2 aromatic heterocycles. The molecule has 3 aliphatic rings. The number of benzene rings is 2. The number of hydrogen-bond donors (Lipinski definition) is 1. The number of para-hydroxylation sites is 1. The third-order valence-corrected chi connectivity index (χ3v) is 11.6. The molecule has 0 saturated carbocycles. The Morgan fingerprint density at radius 3 is 2.55 bits per heavy atom. The van der Waals surface area contributed by atoms with Gasteiger partial charge in [0.05, 0.1) is 22.3 Å². The first kappa shape index (κ1) is 31.8. The number of alkyl halides is 3. The first-order valence-electron chi connectivity index (χ1n) is 15.2. The number of piperidine rings is 1. The van der Waals surface area contributed by atoms with E-state index in [-0.39, 0.29) is 40.1 Å². The maximum absolute atomic E-state index is 14.8. The van der Waals surface area contributed by atoms with Crippen LogP contribution in [0.5, 0.6) is 11.5 Å². The van der Waals surface area contributed by atoms with Gasteiger partial charge in [-0.3, -0.25) is 15.0 Å². The molecule has 2 saturated heterocycles. The van der Waals surface area contributed by atoms with Crippen LogP contribution < -0.4 is 9.47 Å². The van der Waals surface area contributed by atoms with Gasteiger partial charge in [0.25, 0.3) is 5.79 Å². The van der Waals surface area contributed by atoms with Gasteiger partial charge in [-0.05, 0) is 80.6 Å². The van der Waals surface area contributed by atoms with Crippen LogP contribution in [0.4, 0.5) is 17.6 Å². The first-order valence-corrected chi connectivity index (χ1v) is 17.3. The van der Waals surface area contributed by atoms with Crippen molar-refractivity contribution in [1.82, 2.24) is 25.1 Å². The van der Waals surface area contributed by atoms with Crippen LogP contribution in [0.1, 0.15) is 60.3 Å². The molecule has 2 aromatic carbocycles. The molecular formula is C32H30ClF4N5O4S. The van der Waals surface area contributed by atoms with Gasteiger partial charge in [0, 0.05) is 35.8 Å². The van der Waals surface area contributed by atoms with Crippen LogP contribution in [-0.4, -0.2) is 57.6 Å². The summed E-state index contributed by atoms with van der Waals surface area (Å²) in [5, 5.41) is 5.34. The van der Waals surface area contributed by atoms with Gasteiger partial charge < -0.3 is 9.47 Å². The quantitative estimate of drug-likeness (QED) is 0.221. The van der Waals surface area contributed by atoms with Gasteiger partial charge in [-0.2, -0.15) is 18.3 Å². The number of aromatic amines is 1. The van der Waals surface area contributed by atoms with Crippen molar-refractivity contribution in [3.8, 4) is 22.9 Å². The summed E-state index contributed by atoms with van der Waals surface area (Å²) in [6.07, 6.45) is -0.948. The van der Waals surface area contributed by atoms with E-state index in [1.54, 1.807) is 31.2 Å². The van der Waals surface area contributed by atoms with Gasteiger partial charge in [-0.15, -0.1) is 0 Å². The van der Waals surface area contributed by atoms with Crippen LogP contribution in [0, 0.1) is 5.82 Å². The number of pyridine rings is 1. The lowest BCUT2D eigenvalue weighted by atomic mass is 9.88. The second-order valence-electron chi connectivity index (χ2n) is 12.3. The van der Waals surface area contributed by atoms with E-state index >= 15 is 0 Å². The van der Waals surface area contributed by atoms with E-state index in [2.05, 4.69) is 20.0 Å². The lowest BCUT2D eigenvalue weighted by Gasteiger charge is -2.33. The van der Waals surface area contributed by atoms with Gasteiger partial charge in [0.2, 0.25) is 5.82 Å². The Hall–Kier alpha value is -3.75. The number of fused-ring (bicyclic) bond motifs is 1. The van der Waals surface area contributed by atoms with Crippen molar-refractivity contribution in [2.75, 3.05) is 18.8 Å². The van der Waals surface area contributed by atoms with Crippen molar-refractivity contribution in [3.63, 3.8) is 0 Å². The predicted octanol–water partition coefficient (Wildman–Crippen LogP) is 6.43. The fraction of sp³-hybridized carbons (Fsp3) is 0.406. The number of hydrogen-bond acceptors (Lipinski definition) is 8. The van der Waals surface area contributed by atoms with E-state index in [1.807, 2.05) is 17.2 Å². The SMILES string of the molecule is C[C@]1(c2ccc(Cl)cc2F)Oc2cccc(C3CCN(Cc4ncc(-c5n[nH]c(C(F)(F)F)n5)cc4C[C@H]4CCS4(=O)=O)CC3)c2O1. The molecule has 47 heavy (non-hydrogen) atoms. The number of rotatable bonds is 7. The van der Waals surface area contributed by atoms with Crippen molar-refractivity contribution >= 4 is 21.4 Å². The summed E-state index contributed by atoms with van der Waals surface area (Å²) in [5.74, 6) is -1.86. The molecule has 3 aliphatic heterocycles. The molecule has 0 unspecified atom stereocenters. The van der Waals surface area contributed by atoms with Crippen LogP contribution in [0.25, 0.3) is 11.4 Å². The molecule has 0 spiro atoms. The molecule has 15 heteroatoms. The summed E-state index contributed by atoms with van der Waals surface area (Å²) in [5.41, 5.74) is 2.81. The molecular weight excluding hydrogens is 662 g/mol. The summed E-state index contributed by atoms with van der Waals surface area (Å²) in [4.78, 5) is 10.4. The van der Waals surface area contributed by atoms with Gasteiger partial charge in [0.1, 0.15) is 5.82 Å². The number of H-pyrrole nitrogens is 1. The zero-order chi connectivity index (χ0) is 33.1. The van der Waals surface area contributed by atoms with Crippen LogP contribution in [-0.2, 0) is 34.8 Å². The highest BCUT2D eigenvalue weighted by Gasteiger charge is 2.43. The van der Waals surface area contributed by atoms with Crippen molar-refractivity contribution in [3.05, 3.63) is 87.7 Å². The zero-order valence-electron chi connectivity index (χ0n) is 25.2. The minimum Gasteiger partial charge on any atom is -0.444 e. The smallest absolute Gasteiger partial charge is 0.444 e. The topological polar surface area (TPSA) is 110 Å². The number of aromatic nitrogens is 4. The lowest BCUT2D eigenvalue weighted by molar-refractivity contribution is -0.144. The monoisotopic (exact) mass is 691 g/mol. The average Bonchev–Trinajstić information content (AvgIpc) is 3.66. The fourth-order valence-electron chi connectivity index (χ4n) is 6.50. The highest BCUT2D eigenvalue weighted by molar-refractivity contribution is 7.93. The molecule has 0 amide bonds. The molecule has 5 heterocycles. The molecule has 0 bridgehead atoms. The Bertz CT molecular complexity index is 1950. The zero-order valence-corrected chi connectivity index (χ0v) is 26.7. The highest BCUT2D eigenvalue weighted by atomic mass is 35.5. The molecule has 7 rings (SSSR count). The Labute approximate surface area is 273 Å². The van der Waals surface area contributed by atoms with Gasteiger partial charge in [-0.25, -0.2) is 17.8 Å². The van der Waals surface area contributed by atoms with Crippen LogP contribution in [0.15, 0.2) is 48.7 Å². The third-order valence-electron chi connectivity index (χ3n) is 9.18. The molecule has 4 aromatic rings. The van der Waals surface area contributed by atoms with Crippen LogP contribution >= 0.6 is 11.6 Å². The summed E-state index contributed by atoms with van der Waals surface area (Å²) in [6, 6.07) is 11.7. The summed E-state index contributed by atoms with van der Waals surface area (Å²) < 4.78 is 91.3. The second kappa shape index (κ2) is 11.7. The van der Waals surface area contributed by atoms with E-state index in [0.29, 0.717) is 48.8 Å².